The van der Waals surface area contributed by atoms with E-state index in [9.17, 15) is 4.39 Å². The Labute approximate surface area is 95.1 Å². The first-order valence-electron chi connectivity index (χ1n) is 4.87. The summed E-state index contributed by atoms with van der Waals surface area (Å²) < 4.78 is 18.4. The largest absolute Gasteiger partial charge is 0.417 e. The number of halogens is 1. The van der Waals surface area contributed by atoms with Crippen molar-refractivity contribution in [1.82, 2.24) is 15.0 Å². The van der Waals surface area contributed by atoms with E-state index in [1.54, 1.807) is 12.1 Å². The molecule has 0 unspecified atom stereocenters. The summed E-state index contributed by atoms with van der Waals surface area (Å²) in [6.07, 6.45) is 1.29. The Kier molecular flexibility index (Phi) is 2.01. The minimum Gasteiger partial charge on any atom is -0.417 e. The fraction of sp³-hybridized carbons (Fsp3) is 0. The van der Waals surface area contributed by atoms with Crippen LogP contribution >= 0.6 is 0 Å². The Hall–Kier alpha value is -2.50. The number of nitrogen functional groups attached to an aromatic ring is 1. The van der Waals surface area contributed by atoms with Crippen LogP contribution in [0.3, 0.4) is 0 Å². The maximum absolute atomic E-state index is 13.1. The first kappa shape index (κ1) is 9.71. The second kappa shape index (κ2) is 3.51. The summed E-state index contributed by atoms with van der Waals surface area (Å²) in [6, 6.07) is 5.95. The molecular formula is C11H7FN4O. The number of nitrogens with zero attached hydrogens (tertiary/aromatic N) is 3. The van der Waals surface area contributed by atoms with Gasteiger partial charge in [-0.05, 0) is 18.2 Å². The molecule has 2 N–H and O–H groups in total. The van der Waals surface area contributed by atoms with Gasteiger partial charge in [-0.15, -0.1) is 0 Å². The van der Waals surface area contributed by atoms with Crippen molar-refractivity contribution in [1.29, 1.82) is 0 Å². The molecule has 3 rings (SSSR count). The molecule has 0 atom stereocenters. The maximum Gasteiger partial charge on any atom is 0.252 e. The zero-order chi connectivity index (χ0) is 11.8. The lowest BCUT2D eigenvalue weighted by molar-refractivity contribution is 0.602. The molecule has 5 nitrogen and oxygen atoms in total. The Bertz CT molecular complexity index is 695. The van der Waals surface area contributed by atoms with E-state index in [1.165, 1.54) is 18.5 Å². The van der Waals surface area contributed by atoms with Crippen LogP contribution in [0.15, 0.2) is 35.0 Å². The average Bonchev–Trinajstić information content (AvgIpc) is 2.74. The molecule has 3 aromatic rings. The van der Waals surface area contributed by atoms with E-state index in [-0.39, 0.29) is 23.2 Å². The average molecular weight is 230 g/mol. The van der Waals surface area contributed by atoms with Gasteiger partial charge in [-0.25, -0.2) is 14.4 Å². The summed E-state index contributed by atoms with van der Waals surface area (Å²) in [7, 11) is 0. The number of fused-ring (bicyclic) bond motifs is 1. The Morgan fingerprint density at radius 3 is 2.88 bits per heavy atom. The van der Waals surface area contributed by atoms with E-state index in [0.29, 0.717) is 11.1 Å². The number of nitrogens with two attached hydrogens (primary N) is 1. The van der Waals surface area contributed by atoms with Gasteiger partial charge in [0.1, 0.15) is 12.1 Å². The van der Waals surface area contributed by atoms with E-state index in [0.717, 1.165) is 0 Å². The summed E-state index contributed by atoms with van der Waals surface area (Å²) >= 11 is 0. The molecule has 0 radical (unpaired) electrons. The predicted molar refractivity (Wildman–Crippen MR) is 59.4 cm³/mol. The van der Waals surface area contributed by atoms with Crippen LogP contribution in [-0.2, 0) is 0 Å². The van der Waals surface area contributed by atoms with Gasteiger partial charge in [0.15, 0.2) is 11.3 Å². The minimum atomic E-state index is -0.358. The first-order chi connectivity index (χ1) is 8.24. The quantitative estimate of drug-likeness (QED) is 0.691. The number of oxazole rings is 1. The fourth-order valence-corrected chi connectivity index (χ4v) is 1.52. The third kappa shape index (κ3) is 1.59. The summed E-state index contributed by atoms with van der Waals surface area (Å²) in [5, 5.41) is 0. The topological polar surface area (TPSA) is 77.8 Å². The van der Waals surface area contributed by atoms with Crippen molar-refractivity contribution < 1.29 is 8.81 Å². The van der Waals surface area contributed by atoms with Crippen LogP contribution in [0.25, 0.3) is 22.7 Å². The van der Waals surface area contributed by atoms with Crippen molar-refractivity contribution in [2.75, 3.05) is 5.73 Å². The van der Waals surface area contributed by atoms with Crippen molar-refractivity contribution >= 4 is 17.0 Å². The molecule has 0 saturated carbocycles. The number of benzene rings is 1. The van der Waals surface area contributed by atoms with Gasteiger partial charge in [-0.2, -0.15) is 4.98 Å². The third-order valence-corrected chi connectivity index (χ3v) is 2.30. The molecule has 0 bridgehead atoms. The SMILES string of the molecule is Nc1ncnc2oc(-c3cccc(F)c3)nc12. The van der Waals surface area contributed by atoms with Crippen molar-refractivity contribution in [2.45, 2.75) is 0 Å². The summed E-state index contributed by atoms with van der Waals surface area (Å²) in [5.41, 5.74) is 6.83. The molecule has 0 spiro atoms. The number of hydrogen-bond donors (Lipinski definition) is 1. The van der Waals surface area contributed by atoms with Crippen LogP contribution in [-0.4, -0.2) is 15.0 Å². The van der Waals surface area contributed by atoms with Gasteiger partial charge in [0.25, 0.3) is 5.71 Å². The van der Waals surface area contributed by atoms with Crippen molar-refractivity contribution in [3.05, 3.63) is 36.4 Å². The summed E-state index contributed by atoms with van der Waals surface area (Å²) in [5.74, 6) is 0.150. The van der Waals surface area contributed by atoms with Crippen LogP contribution in [0.4, 0.5) is 10.2 Å². The molecule has 2 aromatic heterocycles. The lowest BCUT2D eigenvalue weighted by atomic mass is 10.2. The molecule has 0 fully saturated rings. The highest BCUT2D eigenvalue weighted by atomic mass is 19.1. The highest BCUT2D eigenvalue weighted by molar-refractivity contribution is 5.81. The van der Waals surface area contributed by atoms with E-state index in [4.69, 9.17) is 10.2 Å². The zero-order valence-electron chi connectivity index (χ0n) is 8.59. The van der Waals surface area contributed by atoms with Gasteiger partial charge in [-0.1, -0.05) is 6.07 Å². The van der Waals surface area contributed by atoms with E-state index < -0.39 is 0 Å². The monoisotopic (exact) mass is 230 g/mol. The van der Waals surface area contributed by atoms with Crippen LogP contribution in [0.2, 0.25) is 0 Å². The van der Waals surface area contributed by atoms with Gasteiger partial charge < -0.3 is 10.2 Å². The van der Waals surface area contributed by atoms with Crippen LogP contribution < -0.4 is 5.73 Å². The fourth-order valence-electron chi connectivity index (χ4n) is 1.52. The van der Waals surface area contributed by atoms with Crippen molar-refractivity contribution in [2.24, 2.45) is 0 Å². The Morgan fingerprint density at radius 1 is 1.24 bits per heavy atom. The summed E-state index contributed by atoms with van der Waals surface area (Å²) in [4.78, 5) is 11.8. The van der Waals surface area contributed by atoms with E-state index >= 15 is 0 Å². The highest BCUT2D eigenvalue weighted by Crippen LogP contribution is 2.25. The van der Waals surface area contributed by atoms with Crippen LogP contribution in [0.1, 0.15) is 0 Å². The molecule has 0 saturated heterocycles. The standard InChI is InChI=1S/C11H7FN4O/c12-7-3-1-2-6(4-7)10-16-8-9(13)14-5-15-11(8)17-10/h1-5H,(H2,13,14,15). The number of anilines is 1. The van der Waals surface area contributed by atoms with Gasteiger partial charge in [-0.3, -0.25) is 0 Å². The minimum absolute atomic E-state index is 0.237. The van der Waals surface area contributed by atoms with Gasteiger partial charge >= 0.3 is 0 Å². The van der Waals surface area contributed by atoms with Crippen LogP contribution in [0, 0.1) is 5.82 Å². The van der Waals surface area contributed by atoms with E-state index in [1.807, 2.05) is 0 Å². The lowest BCUT2D eigenvalue weighted by Crippen LogP contribution is -1.91. The van der Waals surface area contributed by atoms with E-state index in [2.05, 4.69) is 15.0 Å². The number of hydrogen-bond acceptors (Lipinski definition) is 5. The van der Waals surface area contributed by atoms with Crippen LogP contribution in [0.5, 0.6) is 0 Å². The molecule has 0 amide bonds. The molecule has 84 valence electrons. The zero-order valence-corrected chi connectivity index (χ0v) is 8.59. The Balaban J connectivity index is 2.22. The molecule has 6 heteroatoms. The normalized spacial score (nSPS) is 10.9. The molecular weight excluding hydrogens is 223 g/mol. The smallest absolute Gasteiger partial charge is 0.252 e. The molecule has 2 heterocycles. The molecule has 0 aliphatic carbocycles. The molecule has 17 heavy (non-hydrogen) atoms. The predicted octanol–water partition coefficient (Wildman–Crippen LogP) is 2.01. The van der Waals surface area contributed by atoms with Gasteiger partial charge in [0.2, 0.25) is 5.89 Å². The van der Waals surface area contributed by atoms with Gasteiger partial charge in [0, 0.05) is 5.56 Å². The Morgan fingerprint density at radius 2 is 2.12 bits per heavy atom. The molecule has 1 aromatic carbocycles. The highest BCUT2D eigenvalue weighted by Gasteiger charge is 2.12. The lowest BCUT2D eigenvalue weighted by Gasteiger charge is -1.93. The maximum atomic E-state index is 13.1. The van der Waals surface area contributed by atoms with Crippen molar-refractivity contribution in [3.8, 4) is 11.5 Å². The number of aromatic nitrogens is 3. The number of rotatable bonds is 1. The second-order valence-electron chi connectivity index (χ2n) is 3.44. The van der Waals surface area contributed by atoms with Crippen molar-refractivity contribution in [3.63, 3.8) is 0 Å². The van der Waals surface area contributed by atoms with Gasteiger partial charge in [0.05, 0.1) is 0 Å². The summed E-state index contributed by atoms with van der Waals surface area (Å²) in [6.45, 7) is 0. The molecule has 0 aliphatic heterocycles. The molecule has 0 aliphatic rings. The second-order valence-corrected chi connectivity index (χ2v) is 3.44. The third-order valence-electron chi connectivity index (χ3n) is 2.30. The first-order valence-corrected chi connectivity index (χ1v) is 4.87.